The van der Waals surface area contributed by atoms with E-state index in [4.69, 9.17) is 21.1 Å². The van der Waals surface area contributed by atoms with E-state index in [-0.39, 0.29) is 6.03 Å². The van der Waals surface area contributed by atoms with Crippen LogP contribution in [0, 0.1) is 0 Å². The number of rotatable bonds is 4. The fraction of sp³-hybridized carbons (Fsp3) is 0.562. The number of amides is 2. The third-order valence-corrected chi connectivity index (χ3v) is 4.34. The molecule has 0 aliphatic carbocycles. The lowest BCUT2D eigenvalue weighted by Gasteiger charge is -2.36. The number of carbonyl (C=O) groups excluding carboxylic acids is 1. The highest BCUT2D eigenvalue weighted by molar-refractivity contribution is 6.32. The Labute approximate surface area is 142 Å². The standard InChI is InChI=1S/C16H24ClN3O3/c1-11(2)19-5-7-20(8-6-19)16(21)18-13-10-14(22-3)12(17)9-15(13)23-4/h9-11H,5-8H2,1-4H3,(H,18,21). The second kappa shape index (κ2) is 7.75. The van der Waals surface area contributed by atoms with Crippen molar-refractivity contribution in [1.82, 2.24) is 9.80 Å². The van der Waals surface area contributed by atoms with Gasteiger partial charge in [-0.3, -0.25) is 4.90 Å². The van der Waals surface area contributed by atoms with Crippen molar-refractivity contribution in [1.29, 1.82) is 0 Å². The molecule has 0 bridgehead atoms. The van der Waals surface area contributed by atoms with Crippen LogP contribution in [0.3, 0.4) is 0 Å². The summed E-state index contributed by atoms with van der Waals surface area (Å²) in [5.41, 5.74) is 0.546. The Morgan fingerprint density at radius 1 is 1.13 bits per heavy atom. The number of nitrogens with zero attached hydrogens (tertiary/aromatic N) is 2. The topological polar surface area (TPSA) is 54.0 Å². The van der Waals surface area contributed by atoms with Crippen molar-refractivity contribution in [3.63, 3.8) is 0 Å². The quantitative estimate of drug-likeness (QED) is 0.915. The zero-order chi connectivity index (χ0) is 17.0. The minimum atomic E-state index is -0.143. The highest BCUT2D eigenvalue weighted by Crippen LogP contribution is 2.36. The molecule has 23 heavy (non-hydrogen) atoms. The van der Waals surface area contributed by atoms with E-state index in [1.165, 1.54) is 14.2 Å². The monoisotopic (exact) mass is 341 g/mol. The summed E-state index contributed by atoms with van der Waals surface area (Å²) in [5, 5.41) is 3.32. The number of hydrogen-bond acceptors (Lipinski definition) is 4. The van der Waals surface area contributed by atoms with E-state index in [2.05, 4.69) is 24.1 Å². The lowest BCUT2D eigenvalue weighted by molar-refractivity contribution is 0.125. The number of hydrogen-bond donors (Lipinski definition) is 1. The number of halogens is 1. The minimum Gasteiger partial charge on any atom is -0.495 e. The molecule has 0 aromatic heterocycles. The van der Waals surface area contributed by atoms with Gasteiger partial charge in [0.2, 0.25) is 0 Å². The zero-order valence-electron chi connectivity index (χ0n) is 14.1. The SMILES string of the molecule is COc1cc(NC(=O)N2CCN(C(C)C)CC2)c(OC)cc1Cl. The van der Waals surface area contributed by atoms with E-state index in [1.54, 1.807) is 17.0 Å². The first kappa shape index (κ1) is 17.7. The van der Waals surface area contributed by atoms with Gasteiger partial charge >= 0.3 is 6.03 Å². The molecule has 1 aliphatic heterocycles. The molecule has 128 valence electrons. The van der Waals surface area contributed by atoms with Gasteiger partial charge in [-0.2, -0.15) is 0 Å². The Balaban J connectivity index is 2.06. The fourth-order valence-electron chi connectivity index (χ4n) is 2.59. The van der Waals surface area contributed by atoms with E-state index in [1.807, 2.05) is 0 Å². The second-order valence-electron chi connectivity index (χ2n) is 5.73. The largest absolute Gasteiger partial charge is 0.495 e. The van der Waals surface area contributed by atoms with Crippen molar-refractivity contribution in [2.45, 2.75) is 19.9 Å². The van der Waals surface area contributed by atoms with E-state index in [0.717, 1.165) is 13.1 Å². The maximum absolute atomic E-state index is 12.5. The van der Waals surface area contributed by atoms with Crippen molar-refractivity contribution >= 4 is 23.3 Å². The first-order chi connectivity index (χ1) is 11.0. The molecule has 0 saturated carbocycles. The van der Waals surface area contributed by atoms with Crippen molar-refractivity contribution in [2.75, 3.05) is 45.7 Å². The van der Waals surface area contributed by atoms with Gasteiger partial charge < -0.3 is 19.7 Å². The molecule has 0 atom stereocenters. The van der Waals surface area contributed by atoms with E-state index in [0.29, 0.717) is 41.3 Å². The molecule has 1 fully saturated rings. The number of benzene rings is 1. The molecule has 0 spiro atoms. The second-order valence-corrected chi connectivity index (χ2v) is 6.14. The molecule has 6 nitrogen and oxygen atoms in total. The molecule has 0 radical (unpaired) electrons. The summed E-state index contributed by atoms with van der Waals surface area (Å²) in [6, 6.07) is 3.66. The third kappa shape index (κ3) is 4.20. The van der Waals surface area contributed by atoms with Gasteiger partial charge in [-0.15, -0.1) is 0 Å². The highest BCUT2D eigenvalue weighted by Gasteiger charge is 2.23. The predicted molar refractivity (Wildman–Crippen MR) is 91.9 cm³/mol. The average Bonchev–Trinajstić information content (AvgIpc) is 2.55. The van der Waals surface area contributed by atoms with Gasteiger partial charge in [0, 0.05) is 44.4 Å². The molecule has 2 rings (SSSR count). The molecule has 1 heterocycles. The van der Waals surface area contributed by atoms with Crippen LogP contribution in [0.15, 0.2) is 12.1 Å². The molecule has 2 amide bonds. The van der Waals surface area contributed by atoms with Crippen LogP contribution in [0.2, 0.25) is 5.02 Å². The predicted octanol–water partition coefficient (Wildman–Crippen LogP) is 2.92. The molecule has 0 unspecified atom stereocenters. The Morgan fingerprint density at radius 2 is 1.74 bits per heavy atom. The highest BCUT2D eigenvalue weighted by atomic mass is 35.5. The summed E-state index contributed by atoms with van der Waals surface area (Å²) in [5.74, 6) is 0.998. The lowest BCUT2D eigenvalue weighted by Crippen LogP contribution is -2.51. The molecular weight excluding hydrogens is 318 g/mol. The Hall–Kier alpha value is -1.66. The first-order valence-corrected chi connectivity index (χ1v) is 8.05. The van der Waals surface area contributed by atoms with Gasteiger partial charge in [0.1, 0.15) is 11.5 Å². The van der Waals surface area contributed by atoms with Crippen LogP contribution >= 0.6 is 11.6 Å². The van der Waals surface area contributed by atoms with Gasteiger partial charge in [0.25, 0.3) is 0 Å². The number of carbonyl (C=O) groups is 1. The van der Waals surface area contributed by atoms with E-state index < -0.39 is 0 Å². The van der Waals surface area contributed by atoms with Gasteiger partial charge in [-0.1, -0.05) is 11.6 Å². The van der Waals surface area contributed by atoms with Crippen molar-refractivity contribution < 1.29 is 14.3 Å². The van der Waals surface area contributed by atoms with Gasteiger partial charge in [0.05, 0.1) is 24.9 Å². The zero-order valence-corrected chi connectivity index (χ0v) is 14.8. The maximum atomic E-state index is 12.5. The molecule has 1 aliphatic rings. The molecule has 1 aromatic carbocycles. The Kier molecular flexibility index (Phi) is 5.96. The van der Waals surface area contributed by atoms with Crippen LogP contribution in [0.4, 0.5) is 10.5 Å². The molecule has 1 N–H and O–H groups in total. The normalized spacial score (nSPS) is 15.7. The first-order valence-electron chi connectivity index (χ1n) is 7.67. The van der Waals surface area contributed by atoms with Crippen LogP contribution in [0.25, 0.3) is 0 Å². The summed E-state index contributed by atoms with van der Waals surface area (Å²) in [6.07, 6.45) is 0. The van der Waals surface area contributed by atoms with Gasteiger partial charge in [0.15, 0.2) is 0 Å². The van der Waals surface area contributed by atoms with Crippen LogP contribution in [-0.2, 0) is 0 Å². The maximum Gasteiger partial charge on any atom is 0.322 e. The van der Waals surface area contributed by atoms with Crippen LogP contribution < -0.4 is 14.8 Å². The number of anilines is 1. The summed E-state index contributed by atoms with van der Waals surface area (Å²) >= 11 is 6.08. The number of urea groups is 1. The van der Waals surface area contributed by atoms with Gasteiger partial charge in [-0.25, -0.2) is 4.79 Å². The summed E-state index contributed by atoms with van der Waals surface area (Å²) in [7, 11) is 3.07. The van der Waals surface area contributed by atoms with Crippen LogP contribution in [0.5, 0.6) is 11.5 Å². The fourth-order valence-corrected chi connectivity index (χ4v) is 2.82. The van der Waals surface area contributed by atoms with Crippen LogP contribution in [0.1, 0.15) is 13.8 Å². The molecule has 7 heteroatoms. The molecule has 1 saturated heterocycles. The van der Waals surface area contributed by atoms with E-state index >= 15 is 0 Å². The summed E-state index contributed by atoms with van der Waals surface area (Å²) in [6.45, 7) is 7.51. The third-order valence-electron chi connectivity index (χ3n) is 4.05. The molecule has 1 aromatic rings. The van der Waals surface area contributed by atoms with Crippen molar-refractivity contribution in [3.05, 3.63) is 17.2 Å². The minimum absolute atomic E-state index is 0.143. The molecular formula is C16H24ClN3O3. The Morgan fingerprint density at radius 3 is 2.26 bits per heavy atom. The number of nitrogens with one attached hydrogen (secondary N) is 1. The number of piperazine rings is 1. The number of ether oxygens (including phenoxy) is 2. The van der Waals surface area contributed by atoms with Crippen molar-refractivity contribution in [3.8, 4) is 11.5 Å². The van der Waals surface area contributed by atoms with E-state index in [9.17, 15) is 4.79 Å². The lowest BCUT2D eigenvalue weighted by atomic mass is 10.2. The smallest absolute Gasteiger partial charge is 0.322 e. The summed E-state index contributed by atoms with van der Waals surface area (Å²) in [4.78, 5) is 16.6. The van der Waals surface area contributed by atoms with Crippen LogP contribution in [-0.4, -0.2) is 62.3 Å². The number of methoxy groups -OCH3 is 2. The average molecular weight is 342 g/mol. The summed E-state index contributed by atoms with van der Waals surface area (Å²) < 4.78 is 10.5. The Bertz CT molecular complexity index is 558. The van der Waals surface area contributed by atoms with Crippen molar-refractivity contribution in [2.24, 2.45) is 0 Å². The van der Waals surface area contributed by atoms with Gasteiger partial charge in [-0.05, 0) is 13.8 Å².